The van der Waals surface area contributed by atoms with Gasteiger partial charge in [-0.3, -0.25) is 9.59 Å². The smallest absolute Gasteiger partial charge is 0.308 e. The maximum atomic E-state index is 11.7. The zero-order chi connectivity index (χ0) is 12.1. The number of carbonyl (C=O) groups is 2. The number of allylic oxidation sites excluding steroid dienone is 3. The fourth-order valence-electron chi connectivity index (χ4n) is 1.64. The van der Waals surface area contributed by atoms with Crippen LogP contribution in [-0.4, -0.2) is 16.9 Å². The molecule has 0 aliphatic heterocycles. The number of carbonyl (C=O) groups excluding carboxylic acids is 2. The molecule has 4 nitrogen and oxygen atoms in total. The van der Waals surface area contributed by atoms with Crippen molar-refractivity contribution in [2.45, 2.75) is 39.5 Å². The summed E-state index contributed by atoms with van der Waals surface area (Å²) >= 11 is 0. The maximum absolute atomic E-state index is 11.7. The van der Waals surface area contributed by atoms with Gasteiger partial charge in [-0.15, -0.1) is 0 Å². The van der Waals surface area contributed by atoms with Gasteiger partial charge in [0.15, 0.2) is 5.78 Å². The van der Waals surface area contributed by atoms with Crippen molar-refractivity contribution in [3.05, 3.63) is 23.2 Å². The zero-order valence-corrected chi connectivity index (χ0v) is 9.58. The molecule has 0 amide bonds. The van der Waals surface area contributed by atoms with Crippen molar-refractivity contribution in [2.75, 3.05) is 0 Å². The number of ether oxygens (including phenoxy) is 1. The molecular formula is C12H16O4. The first kappa shape index (κ1) is 12.5. The fraction of sp³-hybridized carbons (Fsp3) is 0.500. The van der Waals surface area contributed by atoms with Crippen LogP contribution in [0.2, 0.25) is 0 Å². The van der Waals surface area contributed by atoms with Crippen LogP contribution >= 0.6 is 0 Å². The predicted octanol–water partition coefficient (Wildman–Crippen LogP) is 2.41. The highest BCUT2D eigenvalue weighted by molar-refractivity contribution is 6.00. The minimum atomic E-state index is -0.488. The quantitative estimate of drug-likeness (QED) is 0.590. The van der Waals surface area contributed by atoms with Crippen LogP contribution in [0.3, 0.4) is 0 Å². The molecule has 0 saturated heterocycles. The van der Waals surface area contributed by atoms with E-state index in [2.05, 4.69) is 0 Å². The average Bonchev–Trinajstić information content (AvgIpc) is 2.16. The second-order valence-electron chi connectivity index (χ2n) is 3.67. The maximum Gasteiger partial charge on any atom is 0.308 e. The third-order valence-corrected chi connectivity index (χ3v) is 2.27. The van der Waals surface area contributed by atoms with Gasteiger partial charge in [0.25, 0.3) is 0 Å². The van der Waals surface area contributed by atoms with Crippen molar-refractivity contribution in [2.24, 2.45) is 0 Å². The van der Waals surface area contributed by atoms with Crippen LogP contribution in [0, 0.1) is 0 Å². The van der Waals surface area contributed by atoms with Crippen LogP contribution in [0.5, 0.6) is 0 Å². The predicted molar refractivity (Wildman–Crippen MR) is 58.7 cm³/mol. The first-order chi connectivity index (χ1) is 7.56. The van der Waals surface area contributed by atoms with E-state index in [9.17, 15) is 14.7 Å². The number of ketones is 1. The van der Waals surface area contributed by atoms with Crippen LogP contribution < -0.4 is 0 Å². The first-order valence-corrected chi connectivity index (χ1v) is 5.40. The molecular weight excluding hydrogens is 208 g/mol. The molecule has 0 heterocycles. The summed E-state index contributed by atoms with van der Waals surface area (Å²) in [6, 6.07) is 0. The Balaban J connectivity index is 3.05. The molecule has 0 radical (unpaired) electrons. The monoisotopic (exact) mass is 224 g/mol. The standard InChI is InChI=1S/C12H16O4/c1-3-5-11(16-8(2)13)12-9(14)6-4-7-10(12)15/h5,14H,3-4,6-7H2,1-2H3/b11-5-. The van der Waals surface area contributed by atoms with Crippen molar-refractivity contribution < 1.29 is 19.4 Å². The van der Waals surface area contributed by atoms with Crippen LogP contribution in [0.4, 0.5) is 0 Å². The molecule has 0 saturated carbocycles. The molecule has 0 atom stereocenters. The minimum Gasteiger partial charge on any atom is -0.511 e. The summed E-state index contributed by atoms with van der Waals surface area (Å²) in [4.78, 5) is 22.6. The molecule has 0 aromatic heterocycles. The van der Waals surface area contributed by atoms with Crippen molar-refractivity contribution in [1.29, 1.82) is 0 Å². The Morgan fingerprint density at radius 2 is 2.19 bits per heavy atom. The molecule has 4 heteroatoms. The van der Waals surface area contributed by atoms with Gasteiger partial charge in [0, 0.05) is 19.8 Å². The lowest BCUT2D eigenvalue weighted by Gasteiger charge is -2.17. The van der Waals surface area contributed by atoms with E-state index in [4.69, 9.17) is 4.74 Å². The van der Waals surface area contributed by atoms with E-state index < -0.39 is 5.97 Å². The van der Waals surface area contributed by atoms with Crippen LogP contribution in [0.25, 0.3) is 0 Å². The summed E-state index contributed by atoms with van der Waals surface area (Å²) < 4.78 is 4.95. The number of Topliss-reactive ketones (excluding diaryl/α,β-unsaturated/α-hetero) is 1. The van der Waals surface area contributed by atoms with E-state index >= 15 is 0 Å². The summed E-state index contributed by atoms with van der Waals surface area (Å²) in [5, 5.41) is 9.68. The highest BCUT2D eigenvalue weighted by Gasteiger charge is 2.25. The lowest BCUT2D eigenvalue weighted by Crippen LogP contribution is -2.16. The van der Waals surface area contributed by atoms with Gasteiger partial charge in [0.2, 0.25) is 0 Å². The average molecular weight is 224 g/mol. The molecule has 0 bridgehead atoms. The number of hydrogen-bond donors (Lipinski definition) is 1. The molecule has 1 aliphatic rings. The molecule has 1 rings (SSSR count). The number of aliphatic hydroxyl groups excluding tert-OH is 1. The molecule has 0 unspecified atom stereocenters. The second kappa shape index (κ2) is 5.49. The SMILES string of the molecule is CC/C=C(\OC(C)=O)C1=C(O)CCCC1=O. The van der Waals surface area contributed by atoms with Crippen molar-refractivity contribution in [3.63, 3.8) is 0 Å². The van der Waals surface area contributed by atoms with Crippen molar-refractivity contribution in [1.82, 2.24) is 0 Å². The molecule has 0 fully saturated rings. The molecule has 16 heavy (non-hydrogen) atoms. The Morgan fingerprint density at radius 3 is 2.69 bits per heavy atom. The van der Waals surface area contributed by atoms with E-state index in [1.807, 2.05) is 6.92 Å². The second-order valence-corrected chi connectivity index (χ2v) is 3.67. The minimum absolute atomic E-state index is 0.0252. The van der Waals surface area contributed by atoms with Gasteiger partial charge >= 0.3 is 5.97 Å². The van der Waals surface area contributed by atoms with Gasteiger partial charge in [0.1, 0.15) is 11.5 Å². The van der Waals surface area contributed by atoms with Crippen molar-refractivity contribution >= 4 is 11.8 Å². The third-order valence-electron chi connectivity index (χ3n) is 2.27. The van der Waals surface area contributed by atoms with Gasteiger partial charge in [-0.1, -0.05) is 6.92 Å². The third kappa shape index (κ3) is 2.95. The molecule has 88 valence electrons. The molecule has 0 aromatic rings. The number of aliphatic hydroxyl groups is 1. The highest BCUT2D eigenvalue weighted by Crippen LogP contribution is 2.26. The van der Waals surface area contributed by atoms with Crippen molar-refractivity contribution in [3.8, 4) is 0 Å². The Bertz CT molecular complexity index is 363. The lowest BCUT2D eigenvalue weighted by atomic mass is 9.94. The molecule has 0 spiro atoms. The van der Waals surface area contributed by atoms with E-state index in [-0.39, 0.29) is 22.9 Å². The normalized spacial score (nSPS) is 17.6. The summed E-state index contributed by atoms with van der Waals surface area (Å²) in [7, 11) is 0. The van der Waals surface area contributed by atoms with E-state index in [0.717, 1.165) is 0 Å². The molecule has 1 N–H and O–H groups in total. The summed E-state index contributed by atoms with van der Waals surface area (Å²) in [5.41, 5.74) is 0.170. The number of esters is 1. The summed E-state index contributed by atoms with van der Waals surface area (Å²) in [6.07, 6.45) is 3.77. The van der Waals surface area contributed by atoms with Crippen LogP contribution in [0.15, 0.2) is 23.2 Å². The Morgan fingerprint density at radius 1 is 1.50 bits per heavy atom. The number of rotatable bonds is 3. The molecule has 0 aromatic carbocycles. The van der Waals surface area contributed by atoms with E-state index in [1.54, 1.807) is 6.08 Å². The van der Waals surface area contributed by atoms with Gasteiger partial charge in [0.05, 0.1) is 5.57 Å². The van der Waals surface area contributed by atoms with Crippen LogP contribution in [-0.2, 0) is 14.3 Å². The van der Waals surface area contributed by atoms with Gasteiger partial charge in [-0.2, -0.15) is 0 Å². The topological polar surface area (TPSA) is 63.6 Å². The largest absolute Gasteiger partial charge is 0.511 e. The Labute approximate surface area is 94.6 Å². The Kier molecular flexibility index (Phi) is 4.28. The van der Waals surface area contributed by atoms with E-state index in [0.29, 0.717) is 25.7 Å². The van der Waals surface area contributed by atoms with Gasteiger partial charge < -0.3 is 9.84 Å². The van der Waals surface area contributed by atoms with E-state index in [1.165, 1.54) is 6.92 Å². The highest BCUT2D eigenvalue weighted by atomic mass is 16.5. The zero-order valence-electron chi connectivity index (χ0n) is 9.58. The lowest BCUT2D eigenvalue weighted by molar-refractivity contribution is -0.136. The fourth-order valence-corrected chi connectivity index (χ4v) is 1.64. The summed E-state index contributed by atoms with van der Waals surface area (Å²) in [5.74, 6) is -0.433. The van der Waals surface area contributed by atoms with Gasteiger partial charge in [-0.05, 0) is 18.9 Å². The first-order valence-electron chi connectivity index (χ1n) is 5.40. The summed E-state index contributed by atoms with van der Waals surface area (Å²) in [6.45, 7) is 3.14. The molecule has 1 aliphatic carbocycles. The number of hydrogen-bond acceptors (Lipinski definition) is 4. The van der Waals surface area contributed by atoms with Gasteiger partial charge in [-0.25, -0.2) is 0 Å². The Hall–Kier alpha value is -1.58. The van der Waals surface area contributed by atoms with Crippen LogP contribution in [0.1, 0.15) is 39.5 Å².